The van der Waals surface area contributed by atoms with Gasteiger partial charge in [-0.05, 0) is 42.3 Å². The molecule has 1 rings (SSSR count). The van der Waals surface area contributed by atoms with Gasteiger partial charge in [0.05, 0.1) is 0 Å². The SMILES string of the molecule is CC(C)NC(=O)/C(C#N)=C\c1ccsc1. The summed E-state index contributed by atoms with van der Waals surface area (Å²) in [5.41, 5.74) is 1.03. The summed E-state index contributed by atoms with van der Waals surface area (Å²) in [5, 5.41) is 15.3. The van der Waals surface area contributed by atoms with E-state index < -0.39 is 0 Å². The third kappa shape index (κ3) is 3.56. The van der Waals surface area contributed by atoms with Crippen LogP contribution in [0.5, 0.6) is 0 Å². The number of nitrogens with zero attached hydrogens (tertiary/aromatic N) is 1. The number of thiophene rings is 1. The minimum Gasteiger partial charge on any atom is -0.349 e. The molecule has 4 heteroatoms. The molecule has 1 N–H and O–H groups in total. The Hall–Kier alpha value is -1.60. The van der Waals surface area contributed by atoms with Gasteiger partial charge >= 0.3 is 0 Å². The minimum atomic E-state index is -0.321. The van der Waals surface area contributed by atoms with Crippen molar-refractivity contribution in [1.82, 2.24) is 5.32 Å². The molecule has 1 aromatic rings. The van der Waals surface area contributed by atoms with Crippen LogP contribution in [-0.4, -0.2) is 11.9 Å². The monoisotopic (exact) mass is 220 g/mol. The average molecular weight is 220 g/mol. The number of hydrogen-bond acceptors (Lipinski definition) is 3. The number of amides is 1. The van der Waals surface area contributed by atoms with Crippen LogP contribution in [0.15, 0.2) is 22.4 Å². The molecule has 0 atom stereocenters. The lowest BCUT2D eigenvalue weighted by atomic mass is 10.2. The largest absolute Gasteiger partial charge is 0.349 e. The molecule has 1 aromatic heterocycles. The van der Waals surface area contributed by atoms with Gasteiger partial charge in [-0.25, -0.2) is 0 Å². The summed E-state index contributed by atoms with van der Waals surface area (Å²) >= 11 is 1.53. The Bertz CT molecular complexity index is 399. The number of hydrogen-bond donors (Lipinski definition) is 1. The summed E-state index contributed by atoms with van der Waals surface area (Å²) in [6.07, 6.45) is 1.59. The molecule has 1 heterocycles. The minimum absolute atomic E-state index is 0.0386. The Balaban J connectivity index is 2.81. The molecule has 1 amide bonds. The quantitative estimate of drug-likeness (QED) is 0.627. The van der Waals surface area contributed by atoms with Crippen molar-refractivity contribution >= 4 is 23.3 Å². The van der Waals surface area contributed by atoms with E-state index in [4.69, 9.17) is 5.26 Å². The number of rotatable bonds is 3. The van der Waals surface area contributed by atoms with Crippen molar-refractivity contribution in [3.05, 3.63) is 28.0 Å². The van der Waals surface area contributed by atoms with Gasteiger partial charge in [0, 0.05) is 6.04 Å². The Labute approximate surface area is 93.0 Å². The standard InChI is InChI=1S/C11H12N2OS/c1-8(2)13-11(14)10(6-12)5-9-3-4-15-7-9/h3-5,7-8H,1-2H3,(H,13,14)/b10-5-. The first kappa shape index (κ1) is 11.5. The third-order valence-corrected chi connectivity index (χ3v) is 2.34. The number of carbonyl (C=O) groups excluding carboxylic acids is 1. The van der Waals surface area contributed by atoms with Crippen molar-refractivity contribution in [2.75, 3.05) is 0 Å². The highest BCUT2D eigenvalue weighted by atomic mass is 32.1. The molecule has 0 unspecified atom stereocenters. The Morgan fingerprint density at radius 3 is 2.87 bits per heavy atom. The highest BCUT2D eigenvalue weighted by Crippen LogP contribution is 2.10. The fourth-order valence-electron chi connectivity index (χ4n) is 1.01. The van der Waals surface area contributed by atoms with Crippen LogP contribution in [-0.2, 0) is 4.79 Å². The van der Waals surface area contributed by atoms with E-state index in [1.54, 1.807) is 6.08 Å². The molecule has 0 bridgehead atoms. The molecule has 3 nitrogen and oxygen atoms in total. The molecule has 0 aliphatic rings. The van der Waals surface area contributed by atoms with Crippen LogP contribution in [0.3, 0.4) is 0 Å². The van der Waals surface area contributed by atoms with Crippen molar-refractivity contribution in [2.24, 2.45) is 0 Å². The second kappa shape index (κ2) is 5.32. The first-order valence-electron chi connectivity index (χ1n) is 4.58. The van der Waals surface area contributed by atoms with E-state index in [-0.39, 0.29) is 17.5 Å². The van der Waals surface area contributed by atoms with Gasteiger partial charge in [-0.2, -0.15) is 16.6 Å². The maximum Gasteiger partial charge on any atom is 0.262 e. The van der Waals surface area contributed by atoms with Crippen LogP contribution in [0.1, 0.15) is 19.4 Å². The van der Waals surface area contributed by atoms with Crippen LogP contribution in [0.4, 0.5) is 0 Å². The highest BCUT2D eigenvalue weighted by molar-refractivity contribution is 7.08. The van der Waals surface area contributed by atoms with E-state index in [1.807, 2.05) is 36.7 Å². The van der Waals surface area contributed by atoms with Crippen LogP contribution in [0.2, 0.25) is 0 Å². The van der Waals surface area contributed by atoms with Gasteiger partial charge in [-0.1, -0.05) is 0 Å². The lowest BCUT2D eigenvalue weighted by Crippen LogP contribution is -2.30. The molecule has 15 heavy (non-hydrogen) atoms. The van der Waals surface area contributed by atoms with E-state index in [0.717, 1.165) is 5.56 Å². The van der Waals surface area contributed by atoms with Gasteiger partial charge in [-0.3, -0.25) is 4.79 Å². The third-order valence-electron chi connectivity index (χ3n) is 1.64. The fraction of sp³-hybridized carbons (Fsp3) is 0.273. The maximum atomic E-state index is 11.5. The van der Waals surface area contributed by atoms with Crippen molar-refractivity contribution in [3.8, 4) is 6.07 Å². The first-order valence-corrected chi connectivity index (χ1v) is 5.52. The summed E-state index contributed by atoms with van der Waals surface area (Å²) in [4.78, 5) is 11.5. The predicted octanol–water partition coefficient (Wildman–Crippen LogP) is 2.18. The number of nitrogens with one attached hydrogen (secondary N) is 1. The van der Waals surface area contributed by atoms with Gasteiger partial charge in [0.15, 0.2) is 0 Å². The zero-order chi connectivity index (χ0) is 11.3. The molecule has 0 saturated heterocycles. The molecular formula is C11H12N2OS. The number of carbonyl (C=O) groups is 1. The summed E-state index contributed by atoms with van der Waals surface area (Å²) in [6.45, 7) is 3.72. The van der Waals surface area contributed by atoms with Crippen molar-refractivity contribution in [1.29, 1.82) is 5.26 Å². The lowest BCUT2D eigenvalue weighted by Gasteiger charge is -2.06. The Morgan fingerprint density at radius 1 is 1.67 bits per heavy atom. The summed E-state index contributed by atoms with van der Waals surface area (Å²) in [7, 11) is 0. The van der Waals surface area contributed by atoms with Crippen molar-refractivity contribution < 1.29 is 4.79 Å². The van der Waals surface area contributed by atoms with Crippen molar-refractivity contribution in [2.45, 2.75) is 19.9 Å². The Kier molecular flexibility index (Phi) is 4.07. The maximum absolute atomic E-state index is 11.5. The van der Waals surface area contributed by atoms with E-state index in [2.05, 4.69) is 5.32 Å². The Morgan fingerprint density at radius 2 is 2.40 bits per heavy atom. The zero-order valence-corrected chi connectivity index (χ0v) is 9.47. The van der Waals surface area contributed by atoms with Gasteiger partial charge in [0.2, 0.25) is 0 Å². The van der Waals surface area contributed by atoms with Crippen molar-refractivity contribution in [3.63, 3.8) is 0 Å². The van der Waals surface area contributed by atoms with E-state index in [9.17, 15) is 4.79 Å². The molecule has 0 fully saturated rings. The summed E-state index contributed by atoms with van der Waals surface area (Å²) in [5.74, 6) is -0.321. The molecule has 0 radical (unpaired) electrons. The summed E-state index contributed by atoms with van der Waals surface area (Å²) in [6, 6.07) is 3.80. The van der Waals surface area contributed by atoms with Gasteiger partial charge in [0.1, 0.15) is 11.6 Å². The summed E-state index contributed by atoms with van der Waals surface area (Å²) < 4.78 is 0. The van der Waals surface area contributed by atoms with Gasteiger partial charge < -0.3 is 5.32 Å². The molecule has 0 spiro atoms. The molecule has 0 saturated carbocycles. The topological polar surface area (TPSA) is 52.9 Å². The highest BCUT2D eigenvalue weighted by Gasteiger charge is 2.09. The molecule has 78 valence electrons. The van der Waals surface area contributed by atoms with E-state index >= 15 is 0 Å². The smallest absolute Gasteiger partial charge is 0.262 e. The second-order valence-electron chi connectivity index (χ2n) is 3.35. The normalized spacial score (nSPS) is 11.2. The van der Waals surface area contributed by atoms with Crippen LogP contribution < -0.4 is 5.32 Å². The lowest BCUT2D eigenvalue weighted by molar-refractivity contribution is -0.117. The van der Waals surface area contributed by atoms with E-state index in [1.165, 1.54) is 11.3 Å². The first-order chi connectivity index (χ1) is 7.13. The van der Waals surface area contributed by atoms with Gasteiger partial charge in [0.25, 0.3) is 5.91 Å². The number of nitriles is 1. The predicted molar refractivity (Wildman–Crippen MR) is 61.2 cm³/mol. The van der Waals surface area contributed by atoms with Crippen LogP contribution in [0.25, 0.3) is 6.08 Å². The second-order valence-corrected chi connectivity index (χ2v) is 4.13. The van der Waals surface area contributed by atoms with Crippen LogP contribution in [0, 0.1) is 11.3 Å². The molecular weight excluding hydrogens is 208 g/mol. The molecule has 0 aliphatic carbocycles. The fourth-order valence-corrected chi connectivity index (χ4v) is 1.63. The molecule has 0 aliphatic heterocycles. The van der Waals surface area contributed by atoms with Gasteiger partial charge in [-0.15, -0.1) is 0 Å². The average Bonchev–Trinajstić information content (AvgIpc) is 2.65. The zero-order valence-electron chi connectivity index (χ0n) is 8.65. The van der Waals surface area contributed by atoms with Crippen LogP contribution >= 0.6 is 11.3 Å². The van der Waals surface area contributed by atoms with E-state index in [0.29, 0.717) is 0 Å². The molecule has 0 aromatic carbocycles.